The normalized spacial score (nSPS) is 13.8. The third kappa shape index (κ3) is 47.7. The standard InChI is InChI=1S/C56H91NO8/c1-6-8-10-12-14-16-18-19-20-21-22-23-24-25-26-27-28-29-30-31-32-33-34-35-37-39-41-43-45-47-54(59)65-52(51-64-56(55(60)61)62-49-48-57(3,4)5)50-63-53(58)46-44-42-40-38-36-17-15-13-11-9-7-2/h8,10,14,16,19-20,22-23,25-26,28-29,31-32,34-35,39,41,52,56H,6-7,9,11-13,15,17-18,21,24,27,30,33,36-38,40,42-51H2,1-5H3/b10-8-,16-14-,20-19-,23-22-,26-25-,29-28-,32-31-,35-34-,41-39-. The molecule has 0 saturated heterocycles. The number of hydrogen-bond donors (Lipinski definition) is 0. The zero-order valence-corrected chi connectivity index (χ0v) is 41.6. The van der Waals surface area contributed by atoms with Crippen LogP contribution in [0.4, 0.5) is 0 Å². The van der Waals surface area contributed by atoms with Crippen LogP contribution in [0.5, 0.6) is 0 Å². The average Bonchev–Trinajstić information content (AvgIpc) is 3.27. The van der Waals surface area contributed by atoms with Gasteiger partial charge in [0.2, 0.25) is 0 Å². The Balaban J connectivity index is 4.44. The third-order valence-electron chi connectivity index (χ3n) is 10.0. The number of unbranched alkanes of at least 4 members (excludes halogenated alkanes) is 11. The topological polar surface area (TPSA) is 111 Å². The van der Waals surface area contributed by atoms with E-state index in [4.69, 9.17) is 18.9 Å². The number of quaternary nitrogens is 1. The summed E-state index contributed by atoms with van der Waals surface area (Å²) in [4.78, 5) is 37.0. The Morgan fingerprint density at radius 3 is 1.29 bits per heavy atom. The first-order valence-electron chi connectivity index (χ1n) is 25.0. The van der Waals surface area contributed by atoms with E-state index in [1.165, 1.54) is 51.4 Å². The van der Waals surface area contributed by atoms with Gasteiger partial charge in [0.25, 0.3) is 0 Å². The Morgan fingerprint density at radius 1 is 0.477 bits per heavy atom. The molecule has 2 unspecified atom stereocenters. The van der Waals surface area contributed by atoms with Gasteiger partial charge in [-0.3, -0.25) is 9.59 Å². The number of carboxylic acids is 1. The van der Waals surface area contributed by atoms with Crippen LogP contribution in [0.2, 0.25) is 0 Å². The quantitative estimate of drug-likeness (QED) is 0.0195. The molecule has 0 heterocycles. The van der Waals surface area contributed by atoms with Gasteiger partial charge >= 0.3 is 11.9 Å². The zero-order valence-electron chi connectivity index (χ0n) is 41.6. The Hall–Kier alpha value is -4.05. The minimum Gasteiger partial charge on any atom is -0.545 e. The minimum absolute atomic E-state index is 0.132. The molecule has 0 aliphatic rings. The first-order chi connectivity index (χ1) is 31.6. The van der Waals surface area contributed by atoms with Crippen LogP contribution in [0.1, 0.15) is 168 Å². The van der Waals surface area contributed by atoms with Crippen molar-refractivity contribution in [2.75, 3.05) is 47.5 Å². The summed E-state index contributed by atoms with van der Waals surface area (Å²) in [6, 6.07) is 0. The van der Waals surface area contributed by atoms with Crippen molar-refractivity contribution in [3.05, 3.63) is 109 Å². The van der Waals surface area contributed by atoms with Crippen LogP contribution in [-0.4, -0.2) is 82.3 Å². The Morgan fingerprint density at radius 2 is 0.877 bits per heavy atom. The number of allylic oxidation sites excluding steroid dienone is 18. The predicted octanol–water partition coefficient (Wildman–Crippen LogP) is 12.7. The molecule has 0 aromatic carbocycles. The number of carbonyl (C=O) groups is 3. The molecule has 0 N–H and O–H groups in total. The molecular weight excluding hydrogens is 815 g/mol. The van der Waals surface area contributed by atoms with Gasteiger partial charge in [-0.1, -0.05) is 187 Å². The maximum absolute atomic E-state index is 12.8. The van der Waals surface area contributed by atoms with Crippen LogP contribution >= 0.6 is 0 Å². The van der Waals surface area contributed by atoms with E-state index in [1.807, 2.05) is 27.2 Å². The largest absolute Gasteiger partial charge is 0.545 e. The van der Waals surface area contributed by atoms with Gasteiger partial charge in [0.15, 0.2) is 12.4 Å². The minimum atomic E-state index is -1.64. The van der Waals surface area contributed by atoms with Gasteiger partial charge in [0.05, 0.1) is 40.3 Å². The maximum Gasteiger partial charge on any atom is 0.306 e. The highest BCUT2D eigenvalue weighted by atomic mass is 16.7. The van der Waals surface area contributed by atoms with Crippen LogP contribution in [0.25, 0.3) is 0 Å². The fourth-order valence-electron chi connectivity index (χ4n) is 6.18. The van der Waals surface area contributed by atoms with E-state index >= 15 is 0 Å². The lowest BCUT2D eigenvalue weighted by molar-refractivity contribution is -0.870. The maximum atomic E-state index is 12.8. The van der Waals surface area contributed by atoms with Crippen molar-refractivity contribution in [3.8, 4) is 0 Å². The highest BCUT2D eigenvalue weighted by molar-refractivity contribution is 5.70. The summed E-state index contributed by atoms with van der Waals surface area (Å²) in [6.07, 6.45) is 60.0. The number of nitrogens with zero attached hydrogens (tertiary/aromatic N) is 1. The van der Waals surface area contributed by atoms with Gasteiger partial charge in [-0.2, -0.15) is 0 Å². The van der Waals surface area contributed by atoms with E-state index < -0.39 is 24.3 Å². The lowest BCUT2D eigenvalue weighted by atomic mass is 10.1. The second-order valence-corrected chi connectivity index (χ2v) is 17.4. The van der Waals surface area contributed by atoms with Crippen molar-refractivity contribution in [1.29, 1.82) is 0 Å². The lowest BCUT2D eigenvalue weighted by Gasteiger charge is -2.26. The summed E-state index contributed by atoms with van der Waals surface area (Å²) >= 11 is 0. The first-order valence-corrected chi connectivity index (χ1v) is 25.0. The predicted molar refractivity (Wildman–Crippen MR) is 269 cm³/mol. The van der Waals surface area contributed by atoms with Crippen LogP contribution in [-0.2, 0) is 33.3 Å². The van der Waals surface area contributed by atoms with Crippen molar-refractivity contribution >= 4 is 17.9 Å². The molecule has 0 aromatic rings. The molecule has 0 radical (unpaired) electrons. The fraction of sp³-hybridized carbons (Fsp3) is 0.625. The summed E-state index contributed by atoms with van der Waals surface area (Å²) in [5.41, 5.74) is 0. The summed E-state index contributed by atoms with van der Waals surface area (Å²) in [7, 11) is 5.88. The molecule has 0 aromatic heterocycles. The number of hydrogen-bond acceptors (Lipinski definition) is 8. The first kappa shape index (κ1) is 60.9. The number of likely N-dealkylation sites (N-methyl/N-ethyl adjacent to an activating group) is 1. The summed E-state index contributed by atoms with van der Waals surface area (Å²) in [5.74, 6) is -2.38. The Bertz CT molecular complexity index is 1430. The molecule has 0 spiro atoms. The number of carbonyl (C=O) groups excluding carboxylic acids is 3. The van der Waals surface area contributed by atoms with E-state index in [0.29, 0.717) is 23.9 Å². The van der Waals surface area contributed by atoms with Gasteiger partial charge in [-0.05, 0) is 77.0 Å². The monoisotopic (exact) mass is 906 g/mol. The molecule has 0 bridgehead atoms. The van der Waals surface area contributed by atoms with Gasteiger partial charge < -0.3 is 33.3 Å². The number of ether oxygens (including phenoxy) is 4. The van der Waals surface area contributed by atoms with Gasteiger partial charge in [-0.15, -0.1) is 0 Å². The molecule has 0 rings (SSSR count). The highest BCUT2D eigenvalue weighted by Crippen LogP contribution is 2.13. The average molecular weight is 906 g/mol. The smallest absolute Gasteiger partial charge is 0.306 e. The molecular formula is C56H91NO8. The van der Waals surface area contributed by atoms with Crippen molar-refractivity contribution < 1.29 is 42.9 Å². The highest BCUT2D eigenvalue weighted by Gasteiger charge is 2.21. The van der Waals surface area contributed by atoms with E-state index in [9.17, 15) is 19.5 Å². The second-order valence-electron chi connectivity index (χ2n) is 17.4. The molecule has 9 nitrogen and oxygen atoms in total. The number of rotatable bonds is 44. The van der Waals surface area contributed by atoms with Gasteiger partial charge in [0, 0.05) is 12.8 Å². The van der Waals surface area contributed by atoms with Crippen molar-refractivity contribution in [2.45, 2.75) is 180 Å². The Labute approximate surface area is 396 Å². The lowest BCUT2D eigenvalue weighted by Crippen LogP contribution is -2.44. The van der Waals surface area contributed by atoms with Crippen LogP contribution in [0, 0.1) is 0 Å². The Kier molecular flexibility index (Phi) is 43.6. The molecule has 368 valence electrons. The molecule has 0 aliphatic heterocycles. The van der Waals surface area contributed by atoms with E-state index in [1.54, 1.807) is 0 Å². The third-order valence-corrected chi connectivity index (χ3v) is 10.0. The number of carboxylic acid groups (broad SMARTS) is 1. The molecule has 0 aliphatic carbocycles. The molecule has 0 saturated carbocycles. The number of esters is 2. The van der Waals surface area contributed by atoms with Crippen LogP contribution in [0.3, 0.4) is 0 Å². The van der Waals surface area contributed by atoms with Crippen LogP contribution in [0.15, 0.2) is 109 Å². The summed E-state index contributed by atoms with van der Waals surface area (Å²) in [6.45, 7) is 4.52. The molecule has 2 atom stereocenters. The second kappa shape index (κ2) is 46.5. The zero-order chi connectivity index (χ0) is 47.7. The van der Waals surface area contributed by atoms with E-state index in [0.717, 1.165) is 77.0 Å². The molecule has 65 heavy (non-hydrogen) atoms. The van der Waals surface area contributed by atoms with Crippen molar-refractivity contribution in [3.63, 3.8) is 0 Å². The van der Waals surface area contributed by atoms with Crippen molar-refractivity contribution in [1.82, 2.24) is 0 Å². The van der Waals surface area contributed by atoms with Crippen molar-refractivity contribution in [2.24, 2.45) is 0 Å². The molecule has 0 fully saturated rings. The SMILES string of the molecule is CC/C=C\C/C=C\C/C=C\C/C=C\C/C=C\C/C=C\C/C=C\C/C=C\C/C=C\CCCC(=O)OC(COC(=O)CCCCCCCCCCCCC)COC(OCC[N+](C)(C)C)C(=O)[O-]. The fourth-order valence-corrected chi connectivity index (χ4v) is 6.18. The summed E-state index contributed by atoms with van der Waals surface area (Å²) in [5, 5.41) is 11.7. The van der Waals surface area contributed by atoms with Crippen LogP contribution < -0.4 is 5.11 Å². The van der Waals surface area contributed by atoms with Gasteiger partial charge in [0.1, 0.15) is 13.2 Å². The van der Waals surface area contributed by atoms with E-state index in [-0.39, 0.29) is 38.6 Å². The van der Waals surface area contributed by atoms with E-state index in [2.05, 4.69) is 117 Å². The summed E-state index contributed by atoms with van der Waals surface area (Å²) < 4.78 is 22.5. The van der Waals surface area contributed by atoms with Gasteiger partial charge in [-0.25, -0.2) is 0 Å². The molecule has 0 amide bonds. The molecule has 9 heteroatoms. The number of aliphatic carboxylic acids is 1.